The molecule has 33 heavy (non-hydrogen) atoms. The molecule has 0 radical (unpaired) electrons. The minimum atomic E-state index is -0.429. The Morgan fingerprint density at radius 3 is 2.30 bits per heavy atom. The predicted octanol–water partition coefficient (Wildman–Crippen LogP) is 5.57. The lowest BCUT2D eigenvalue weighted by molar-refractivity contribution is -0.0192. The van der Waals surface area contributed by atoms with Crippen molar-refractivity contribution in [2.75, 3.05) is 21.3 Å². The number of rotatable bonds is 5. The second-order valence-electron chi connectivity index (χ2n) is 8.43. The molecule has 0 spiro atoms. The Bertz CT molecular complexity index is 1210. The monoisotopic (exact) mass is 444 g/mol. The van der Waals surface area contributed by atoms with Crippen LogP contribution in [0.4, 0.5) is 0 Å². The van der Waals surface area contributed by atoms with E-state index in [0.29, 0.717) is 17.2 Å². The summed E-state index contributed by atoms with van der Waals surface area (Å²) < 4.78 is 23.2. The van der Waals surface area contributed by atoms with Crippen LogP contribution in [0.5, 0.6) is 23.0 Å². The number of hydrazone groups is 1. The first-order valence-electron chi connectivity index (χ1n) is 11.0. The summed E-state index contributed by atoms with van der Waals surface area (Å²) in [5.41, 5.74) is 6.74. The summed E-state index contributed by atoms with van der Waals surface area (Å²) in [6.07, 6.45) is 0.382. The first kappa shape index (κ1) is 21.2. The van der Waals surface area contributed by atoms with Crippen LogP contribution in [0.3, 0.4) is 0 Å². The molecule has 170 valence electrons. The quantitative estimate of drug-likeness (QED) is 0.515. The van der Waals surface area contributed by atoms with E-state index in [1.807, 2.05) is 24.3 Å². The Morgan fingerprint density at radius 2 is 1.64 bits per heavy atom. The Hall–Kier alpha value is -3.67. The number of hydrogen-bond acceptors (Lipinski definition) is 6. The van der Waals surface area contributed by atoms with Crippen LogP contribution in [0, 0.1) is 13.8 Å². The number of para-hydroxylation sites is 1. The van der Waals surface area contributed by atoms with Gasteiger partial charge in [-0.05, 0) is 37.6 Å². The van der Waals surface area contributed by atoms with E-state index >= 15 is 0 Å². The average molecular weight is 445 g/mol. The van der Waals surface area contributed by atoms with Crippen LogP contribution in [0.1, 0.15) is 46.5 Å². The molecule has 0 amide bonds. The number of methoxy groups -OCH3 is 3. The summed E-state index contributed by atoms with van der Waals surface area (Å²) in [6.45, 7) is 4.25. The number of ether oxygens (including phenoxy) is 4. The van der Waals surface area contributed by atoms with E-state index in [4.69, 9.17) is 24.0 Å². The fourth-order valence-corrected chi connectivity index (χ4v) is 4.80. The maximum absolute atomic E-state index is 6.50. The standard InChI is InChI=1S/C27H28N2O4/c1-16-10-11-19(17(2)12-16)21-15-22-20-8-6-7-9-23(20)33-27(29(22)28-21)18-13-24(30-3)26(32-5)25(14-18)31-4/h6-14,22,27H,15H2,1-5H3/t22-,27+/m0/s1. The fraction of sp³-hybridized carbons (Fsp3) is 0.296. The number of benzene rings is 3. The normalized spacial score (nSPS) is 18.7. The molecule has 2 heterocycles. The molecule has 2 atom stereocenters. The zero-order valence-corrected chi connectivity index (χ0v) is 19.6. The molecule has 6 heteroatoms. The highest BCUT2D eigenvalue weighted by atomic mass is 16.5. The van der Waals surface area contributed by atoms with Gasteiger partial charge in [0, 0.05) is 23.1 Å². The third-order valence-corrected chi connectivity index (χ3v) is 6.36. The molecule has 0 aliphatic carbocycles. The SMILES string of the molecule is COc1cc([C@H]2Oc3ccccc3[C@@H]3CC(c4ccc(C)cc4C)=NN23)cc(OC)c1OC. The molecule has 0 fully saturated rings. The Labute approximate surface area is 194 Å². The Balaban J connectivity index is 1.63. The van der Waals surface area contributed by atoms with Crippen molar-refractivity contribution in [1.82, 2.24) is 5.01 Å². The van der Waals surface area contributed by atoms with Gasteiger partial charge < -0.3 is 18.9 Å². The average Bonchev–Trinajstić information content (AvgIpc) is 3.27. The molecule has 0 aromatic heterocycles. The Kier molecular flexibility index (Phi) is 5.36. The van der Waals surface area contributed by atoms with Crippen LogP contribution in [0.2, 0.25) is 0 Å². The van der Waals surface area contributed by atoms with Crippen molar-refractivity contribution in [3.05, 3.63) is 82.4 Å². The number of nitrogens with zero attached hydrogens (tertiary/aromatic N) is 2. The second-order valence-corrected chi connectivity index (χ2v) is 8.43. The van der Waals surface area contributed by atoms with Gasteiger partial charge in [0.15, 0.2) is 11.5 Å². The third kappa shape index (κ3) is 3.55. The highest BCUT2D eigenvalue weighted by Crippen LogP contribution is 2.49. The lowest BCUT2D eigenvalue weighted by atomic mass is 9.94. The molecule has 0 bridgehead atoms. The van der Waals surface area contributed by atoms with E-state index in [2.05, 4.69) is 49.2 Å². The summed E-state index contributed by atoms with van der Waals surface area (Å²) in [5.74, 6) is 2.60. The van der Waals surface area contributed by atoms with E-state index in [0.717, 1.165) is 29.0 Å². The molecule has 0 unspecified atom stereocenters. The van der Waals surface area contributed by atoms with Crippen LogP contribution in [0.25, 0.3) is 0 Å². The van der Waals surface area contributed by atoms with Gasteiger partial charge in [-0.25, -0.2) is 5.01 Å². The van der Waals surface area contributed by atoms with Gasteiger partial charge in [0.05, 0.1) is 33.1 Å². The molecule has 6 nitrogen and oxygen atoms in total. The van der Waals surface area contributed by atoms with Gasteiger partial charge in [-0.2, -0.15) is 5.10 Å². The maximum atomic E-state index is 6.50. The van der Waals surface area contributed by atoms with Gasteiger partial charge in [-0.15, -0.1) is 0 Å². The van der Waals surface area contributed by atoms with Crippen molar-refractivity contribution in [2.45, 2.75) is 32.5 Å². The summed E-state index contributed by atoms with van der Waals surface area (Å²) in [5, 5.41) is 7.16. The molecule has 2 aliphatic rings. The van der Waals surface area contributed by atoms with Crippen molar-refractivity contribution in [3.8, 4) is 23.0 Å². The molecule has 3 aromatic carbocycles. The van der Waals surface area contributed by atoms with Crippen molar-refractivity contribution < 1.29 is 18.9 Å². The molecule has 2 aliphatic heterocycles. The lowest BCUT2D eigenvalue weighted by Crippen LogP contribution is -2.33. The number of hydrogen-bond donors (Lipinski definition) is 0. The highest BCUT2D eigenvalue weighted by molar-refractivity contribution is 6.03. The smallest absolute Gasteiger partial charge is 0.214 e. The van der Waals surface area contributed by atoms with Crippen molar-refractivity contribution in [1.29, 1.82) is 0 Å². The van der Waals surface area contributed by atoms with Gasteiger partial charge in [-0.3, -0.25) is 0 Å². The summed E-state index contributed by atoms with van der Waals surface area (Å²) >= 11 is 0. The number of fused-ring (bicyclic) bond motifs is 3. The van der Waals surface area contributed by atoms with Gasteiger partial charge >= 0.3 is 0 Å². The molecular formula is C27H28N2O4. The first-order chi connectivity index (χ1) is 16.0. The maximum Gasteiger partial charge on any atom is 0.214 e. The Morgan fingerprint density at radius 1 is 0.909 bits per heavy atom. The molecule has 0 N–H and O–H groups in total. The van der Waals surface area contributed by atoms with Gasteiger partial charge in [0.25, 0.3) is 0 Å². The van der Waals surface area contributed by atoms with E-state index in [-0.39, 0.29) is 6.04 Å². The predicted molar refractivity (Wildman–Crippen MR) is 128 cm³/mol. The molecule has 0 saturated carbocycles. The van der Waals surface area contributed by atoms with Crippen molar-refractivity contribution in [2.24, 2.45) is 5.10 Å². The molecule has 5 rings (SSSR count). The van der Waals surface area contributed by atoms with Crippen LogP contribution >= 0.6 is 0 Å². The van der Waals surface area contributed by atoms with Crippen molar-refractivity contribution in [3.63, 3.8) is 0 Å². The lowest BCUT2D eigenvalue weighted by Gasteiger charge is -2.38. The summed E-state index contributed by atoms with van der Waals surface area (Å²) in [7, 11) is 4.84. The van der Waals surface area contributed by atoms with Gasteiger partial charge in [-0.1, -0.05) is 42.0 Å². The second kappa shape index (κ2) is 8.35. The van der Waals surface area contributed by atoms with Gasteiger partial charge in [0.1, 0.15) is 5.75 Å². The van der Waals surface area contributed by atoms with Crippen molar-refractivity contribution >= 4 is 5.71 Å². The first-order valence-corrected chi connectivity index (χ1v) is 11.0. The third-order valence-electron chi connectivity index (χ3n) is 6.36. The highest BCUT2D eigenvalue weighted by Gasteiger charge is 2.41. The molecule has 3 aromatic rings. The van der Waals surface area contributed by atoms with Crippen LogP contribution < -0.4 is 18.9 Å². The van der Waals surface area contributed by atoms with Crippen LogP contribution in [-0.4, -0.2) is 32.0 Å². The van der Waals surface area contributed by atoms with E-state index < -0.39 is 6.23 Å². The van der Waals surface area contributed by atoms with E-state index in [1.54, 1.807) is 21.3 Å². The van der Waals surface area contributed by atoms with Gasteiger partial charge in [0.2, 0.25) is 12.0 Å². The topological polar surface area (TPSA) is 52.5 Å². The van der Waals surface area contributed by atoms with Crippen LogP contribution in [0.15, 0.2) is 59.7 Å². The minimum absolute atomic E-state index is 0.0785. The summed E-state index contributed by atoms with van der Waals surface area (Å²) in [4.78, 5) is 0. The zero-order chi connectivity index (χ0) is 23.1. The van der Waals surface area contributed by atoms with Crippen LogP contribution in [-0.2, 0) is 0 Å². The largest absolute Gasteiger partial charge is 0.493 e. The van der Waals surface area contributed by atoms with E-state index in [1.165, 1.54) is 16.7 Å². The summed E-state index contributed by atoms with van der Waals surface area (Å²) in [6, 6.07) is 18.7. The minimum Gasteiger partial charge on any atom is -0.493 e. The molecule has 0 saturated heterocycles. The molecular weight excluding hydrogens is 416 g/mol. The zero-order valence-electron chi connectivity index (χ0n) is 19.6. The number of aryl methyl sites for hydroxylation is 2. The fourth-order valence-electron chi connectivity index (χ4n) is 4.80. The van der Waals surface area contributed by atoms with E-state index in [9.17, 15) is 0 Å².